The summed E-state index contributed by atoms with van der Waals surface area (Å²) in [6.07, 6.45) is 3.22. The van der Waals surface area contributed by atoms with Crippen molar-refractivity contribution in [2.75, 3.05) is 52.3 Å². The third-order valence-electron chi connectivity index (χ3n) is 4.16. The van der Waals surface area contributed by atoms with Crippen molar-refractivity contribution in [3.63, 3.8) is 0 Å². The number of piperazine rings is 1. The van der Waals surface area contributed by atoms with Gasteiger partial charge in [-0.25, -0.2) is 19.6 Å². The predicted molar refractivity (Wildman–Crippen MR) is 106 cm³/mol. The number of esters is 2. The fraction of sp³-hybridized carbons (Fsp3) is 0.368. The van der Waals surface area contributed by atoms with Crippen LogP contribution in [0.15, 0.2) is 36.7 Å². The van der Waals surface area contributed by atoms with E-state index < -0.39 is 5.97 Å². The Morgan fingerprint density at radius 2 is 1.46 bits per heavy atom. The predicted octanol–water partition coefficient (Wildman–Crippen LogP) is 2.14. The molecule has 9 heteroatoms. The van der Waals surface area contributed by atoms with Gasteiger partial charge in [-0.1, -0.05) is 11.6 Å². The molecule has 1 aliphatic heterocycles. The number of likely N-dealkylation sites (N-methyl/N-ethyl adjacent to an activating group) is 1. The molecule has 3 rings (SSSR count). The van der Waals surface area contributed by atoms with Crippen LogP contribution in [0.2, 0.25) is 5.15 Å². The minimum absolute atomic E-state index is 0.166. The number of carbonyl (C=O) groups is 2. The van der Waals surface area contributed by atoms with Crippen molar-refractivity contribution in [2.45, 2.75) is 0 Å². The Balaban J connectivity index is 0.000000221. The highest BCUT2D eigenvalue weighted by Gasteiger charge is 2.21. The molecule has 0 aromatic carbocycles. The lowest BCUT2D eigenvalue weighted by Gasteiger charge is -2.33. The highest BCUT2D eigenvalue weighted by Crippen LogP contribution is 2.19. The standard InChI is InChI=1S/C12H17N3O2.C7H6ClNO2/c1-14-6-8-15(9-7-14)11-10(12(16)17-2)4-3-5-13-11;1-11-7(10)5-3-2-4-9-6(5)8/h3-5H,6-9H2,1-2H3;2-4H,1H3. The lowest BCUT2D eigenvalue weighted by atomic mass is 10.2. The molecule has 0 N–H and O–H groups in total. The molecule has 0 aliphatic carbocycles. The van der Waals surface area contributed by atoms with Gasteiger partial charge in [-0.3, -0.25) is 0 Å². The van der Waals surface area contributed by atoms with Gasteiger partial charge < -0.3 is 19.3 Å². The summed E-state index contributed by atoms with van der Waals surface area (Å²) in [7, 11) is 4.78. The molecule has 0 unspecified atom stereocenters. The molecule has 150 valence electrons. The van der Waals surface area contributed by atoms with Gasteiger partial charge in [0.15, 0.2) is 0 Å². The van der Waals surface area contributed by atoms with Gasteiger partial charge in [0, 0.05) is 38.6 Å². The summed E-state index contributed by atoms with van der Waals surface area (Å²) in [5.74, 6) is -0.0671. The van der Waals surface area contributed by atoms with Gasteiger partial charge in [-0.05, 0) is 31.3 Å². The van der Waals surface area contributed by atoms with Gasteiger partial charge in [-0.15, -0.1) is 0 Å². The van der Waals surface area contributed by atoms with Crippen molar-refractivity contribution in [1.82, 2.24) is 14.9 Å². The Labute approximate surface area is 169 Å². The number of aromatic nitrogens is 2. The molecule has 0 saturated carbocycles. The van der Waals surface area contributed by atoms with Crippen LogP contribution in [0.4, 0.5) is 5.82 Å². The average molecular weight is 407 g/mol. The van der Waals surface area contributed by atoms with Crippen LogP contribution in [-0.4, -0.2) is 74.3 Å². The lowest BCUT2D eigenvalue weighted by Crippen LogP contribution is -2.45. The second-order valence-corrected chi connectivity index (χ2v) is 6.35. The summed E-state index contributed by atoms with van der Waals surface area (Å²) >= 11 is 5.59. The largest absolute Gasteiger partial charge is 0.465 e. The van der Waals surface area contributed by atoms with Crippen molar-refractivity contribution in [3.8, 4) is 0 Å². The topological polar surface area (TPSA) is 84.9 Å². The normalized spacial score (nSPS) is 13.9. The molecule has 1 aliphatic rings. The molecule has 0 atom stereocenters. The quantitative estimate of drug-likeness (QED) is 0.566. The maximum absolute atomic E-state index is 11.6. The first-order valence-electron chi connectivity index (χ1n) is 8.63. The smallest absolute Gasteiger partial charge is 0.341 e. The number of ether oxygens (including phenoxy) is 2. The Bertz CT molecular complexity index is 810. The van der Waals surface area contributed by atoms with Gasteiger partial charge >= 0.3 is 11.9 Å². The maximum atomic E-state index is 11.6. The van der Waals surface area contributed by atoms with E-state index in [4.69, 9.17) is 16.3 Å². The van der Waals surface area contributed by atoms with Crippen molar-refractivity contribution >= 4 is 29.4 Å². The number of hydrogen-bond donors (Lipinski definition) is 0. The molecular weight excluding hydrogens is 384 g/mol. The SMILES string of the molecule is COC(=O)c1cccnc1Cl.COC(=O)c1cccnc1N1CCN(C)CC1. The lowest BCUT2D eigenvalue weighted by molar-refractivity contribution is 0.0591. The van der Waals surface area contributed by atoms with Crippen molar-refractivity contribution in [2.24, 2.45) is 0 Å². The van der Waals surface area contributed by atoms with Crippen LogP contribution in [-0.2, 0) is 9.47 Å². The minimum atomic E-state index is -0.469. The molecule has 0 radical (unpaired) electrons. The third kappa shape index (κ3) is 5.64. The Kier molecular flexibility index (Phi) is 8.16. The molecule has 2 aromatic heterocycles. The molecule has 28 heavy (non-hydrogen) atoms. The molecular formula is C19H23ClN4O4. The first kappa shape index (κ1) is 21.6. The fourth-order valence-corrected chi connectivity index (χ4v) is 2.78. The van der Waals surface area contributed by atoms with E-state index in [0.717, 1.165) is 32.0 Å². The van der Waals surface area contributed by atoms with E-state index in [2.05, 4.69) is 31.6 Å². The first-order chi connectivity index (χ1) is 13.5. The number of pyridine rings is 2. The second-order valence-electron chi connectivity index (χ2n) is 5.99. The zero-order valence-corrected chi connectivity index (χ0v) is 16.8. The van der Waals surface area contributed by atoms with E-state index in [-0.39, 0.29) is 16.7 Å². The first-order valence-corrected chi connectivity index (χ1v) is 9.01. The molecule has 0 bridgehead atoms. The molecule has 1 saturated heterocycles. The number of hydrogen-bond acceptors (Lipinski definition) is 8. The number of rotatable bonds is 3. The molecule has 0 spiro atoms. The van der Waals surface area contributed by atoms with Crippen LogP contribution in [0, 0.1) is 0 Å². The van der Waals surface area contributed by atoms with Gasteiger partial charge in [0.05, 0.1) is 19.8 Å². The Hall–Kier alpha value is -2.71. The van der Waals surface area contributed by atoms with Crippen LogP contribution in [0.1, 0.15) is 20.7 Å². The third-order valence-corrected chi connectivity index (χ3v) is 4.46. The zero-order valence-electron chi connectivity index (χ0n) is 16.1. The Morgan fingerprint density at radius 3 is 2.04 bits per heavy atom. The van der Waals surface area contributed by atoms with Crippen LogP contribution in [0.5, 0.6) is 0 Å². The number of carbonyl (C=O) groups excluding carboxylic acids is 2. The van der Waals surface area contributed by atoms with Crippen LogP contribution in [0.3, 0.4) is 0 Å². The van der Waals surface area contributed by atoms with E-state index in [1.165, 1.54) is 20.4 Å². The molecule has 2 aromatic rings. The maximum Gasteiger partial charge on any atom is 0.341 e. The van der Waals surface area contributed by atoms with E-state index in [0.29, 0.717) is 5.56 Å². The van der Waals surface area contributed by atoms with Crippen molar-refractivity contribution < 1.29 is 19.1 Å². The number of halogens is 1. The summed E-state index contributed by atoms with van der Waals surface area (Å²) in [5, 5.41) is 0.166. The number of nitrogens with zero attached hydrogens (tertiary/aromatic N) is 4. The van der Waals surface area contributed by atoms with E-state index in [1.54, 1.807) is 30.5 Å². The van der Waals surface area contributed by atoms with Gasteiger partial charge in [-0.2, -0.15) is 0 Å². The Morgan fingerprint density at radius 1 is 0.929 bits per heavy atom. The highest BCUT2D eigenvalue weighted by atomic mass is 35.5. The highest BCUT2D eigenvalue weighted by molar-refractivity contribution is 6.32. The van der Waals surface area contributed by atoms with E-state index >= 15 is 0 Å². The van der Waals surface area contributed by atoms with Crippen LogP contribution >= 0.6 is 11.6 Å². The summed E-state index contributed by atoms with van der Waals surface area (Å²) < 4.78 is 9.23. The van der Waals surface area contributed by atoms with E-state index in [9.17, 15) is 9.59 Å². The molecule has 8 nitrogen and oxygen atoms in total. The number of anilines is 1. The second kappa shape index (κ2) is 10.6. The van der Waals surface area contributed by atoms with E-state index in [1.807, 2.05) is 0 Å². The monoisotopic (exact) mass is 406 g/mol. The van der Waals surface area contributed by atoms with Gasteiger partial charge in [0.1, 0.15) is 16.5 Å². The van der Waals surface area contributed by atoms with Gasteiger partial charge in [0.2, 0.25) is 0 Å². The zero-order chi connectivity index (χ0) is 20.5. The number of methoxy groups -OCH3 is 2. The minimum Gasteiger partial charge on any atom is -0.465 e. The summed E-state index contributed by atoms with van der Waals surface area (Å²) in [4.78, 5) is 34.9. The molecule has 3 heterocycles. The summed E-state index contributed by atoms with van der Waals surface area (Å²) in [5.41, 5.74) is 0.830. The molecule has 0 amide bonds. The van der Waals surface area contributed by atoms with Crippen molar-refractivity contribution in [1.29, 1.82) is 0 Å². The fourth-order valence-electron chi connectivity index (χ4n) is 2.58. The van der Waals surface area contributed by atoms with Crippen LogP contribution < -0.4 is 4.90 Å². The average Bonchev–Trinajstić information content (AvgIpc) is 2.74. The van der Waals surface area contributed by atoms with Gasteiger partial charge in [0.25, 0.3) is 0 Å². The van der Waals surface area contributed by atoms with Crippen molar-refractivity contribution in [3.05, 3.63) is 52.9 Å². The summed E-state index contributed by atoms with van der Waals surface area (Å²) in [6.45, 7) is 3.74. The summed E-state index contributed by atoms with van der Waals surface area (Å²) in [6, 6.07) is 6.69. The molecule has 1 fully saturated rings. The van der Waals surface area contributed by atoms with Crippen LogP contribution in [0.25, 0.3) is 0 Å².